The van der Waals surface area contributed by atoms with Crippen LogP contribution >= 0.6 is 0 Å². The Kier molecular flexibility index (Phi) is 5.67. The first-order chi connectivity index (χ1) is 11.9. The van der Waals surface area contributed by atoms with Crippen molar-refractivity contribution in [2.45, 2.75) is 13.8 Å². The number of hydrogen-bond donors (Lipinski definition) is 2. The Morgan fingerprint density at radius 1 is 1.04 bits per heavy atom. The summed E-state index contributed by atoms with van der Waals surface area (Å²) in [7, 11) is 0. The van der Waals surface area contributed by atoms with Crippen LogP contribution in [0.3, 0.4) is 0 Å². The van der Waals surface area contributed by atoms with Crippen molar-refractivity contribution in [2.75, 3.05) is 6.61 Å². The topological polar surface area (TPSA) is 111 Å². The minimum absolute atomic E-state index is 0.123. The highest BCUT2D eigenvalue weighted by atomic mass is 16.6. The number of hydrazine groups is 1. The number of aryl methyl sites for hydroxylation is 2. The minimum atomic E-state index is -0.588. The molecule has 2 N–H and O–H groups in total. The van der Waals surface area contributed by atoms with Gasteiger partial charge in [-0.05, 0) is 37.1 Å². The fourth-order valence-electron chi connectivity index (χ4n) is 2.13. The van der Waals surface area contributed by atoms with Gasteiger partial charge in [-0.3, -0.25) is 30.6 Å². The lowest BCUT2D eigenvalue weighted by molar-refractivity contribution is -0.384. The van der Waals surface area contributed by atoms with Crippen LogP contribution in [-0.4, -0.2) is 23.3 Å². The molecule has 0 radical (unpaired) electrons. The van der Waals surface area contributed by atoms with Crippen LogP contribution in [0.4, 0.5) is 5.69 Å². The maximum atomic E-state index is 11.9. The number of non-ortho nitro benzene ring substituents is 1. The molecule has 0 aliphatic rings. The average Bonchev–Trinajstić information content (AvgIpc) is 2.59. The van der Waals surface area contributed by atoms with E-state index in [4.69, 9.17) is 4.74 Å². The van der Waals surface area contributed by atoms with E-state index >= 15 is 0 Å². The Hall–Kier alpha value is -3.42. The maximum Gasteiger partial charge on any atom is 0.276 e. The lowest BCUT2D eigenvalue weighted by atomic mass is 10.1. The van der Waals surface area contributed by atoms with Gasteiger partial charge in [0.2, 0.25) is 0 Å². The van der Waals surface area contributed by atoms with E-state index in [0.717, 1.165) is 11.1 Å². The fourth-order valence-corrected chi connectivity index (χ4v) is 2.13. The number of nitrogens with one attached hydrogen (secondary N) is 2. The number of nitro groups is 1. The zero-order chi connectivity index (χ0) is 18.4. The second-order valence-electron chi connectivity index (χ2n) is 5.32. The first kappa shape index (κ1) is 17.9. The van der Waals surface area contributed by atoms with Crippen molar-refractivity contribution < 1.29 is 19.2 Å². The van der Waals surface area contributed by atoms with Crippen molar-refractivity contribution in [2.24, 2.45) is 0 Å². The summed E-state index contributed by atoms with van der Waals surface area (Å²) in [5.41, 5.74) is 6.32. The van der Waals surface area contributed by atoms with E-state index in [0.29, 0.717) is 5.75 Å². The van der Waals surface area contributed by atoms with Crippen molar-refractivity contribution in [1.29, 1.82) is 0 Å². The van der Waals surface area contributed by atoms with Gasteiger partial charge in [-0.2, -0.15) is 0 Å². The SMILES string of the molecule is Cc1cccc(C)c1OCC(=O)NNC(=O)c1ccc([N+](=O)[O-])cc1. The number of amides is 2. The molecule has 2 aromatic rings. The molecule has 0 saturated heterocycles. The Labute approximate surface area is 143 Å². The molecule has 8 heteroatoms. The monoisotopic (exact) mass is 343 g/mol. The molecular formula is C17H17N3O5. The Balaban J connectivity index is 1.85. The summed E-state index contributed by atoms with van der Waals surface area (Å²) >= 11 is 0. The molecule has 0 heterocycles. The summed E-state index contributed by atoms with van der Waals surface area (Å²) in [6.45, 7) is 3.49. The van der Waals surface area contributed by atoms with Gasteiger partial charge in [-0.15, -0.1) is 0 Å². The van der Waals surface area contributed by atoms with E-state index in [1.165, 1.54) is 24.3 Å². The largest absolute Gasteiger partial charge is 0.483 e. The molecular weight excluding hydrogens is 326 g/mol. The Morgan fingerprint density at radius 2 is 1.64 bits per heavy atom. The van der Waals surface area contributed by atoms with E-state index in [-0.39, 0.29) is 17.9 Å². The predicted octanol–water partition coefficient (Wildman–Crippen LogP) is 2.05. The van der Waals surface area contributed by atoms with Gasteiger partial charge >= 0.3 is 0 Å². The molecule has 0 spiro atoms. The van der Waals surface area contributed by atoms with E-state index in [9.17, 15) is 19.7 Å². The van der Waals surface area contributed by atoms with Gasteiger partial charge in [0.05, 0.1) is 4.92 Å². The molecule has 2 amide bonds. The van der Waals surface area contributed by atoms with Gasteiger partial charge < -0.3 is 4.74 Å². The third kappa shape index (κ3) is 4.77. The quantitative estimate of drug-likeness (QED) is 0.638. The summed E-state index contributed by atoms with van der Waals surface area (Å²) in [6, 6.07) is 10.6. The molecule has 0 bridgehead atoms. The predicted molar refractivity (Wildman–Crippen MR) is 90.1 cm³/mol. The van der Waals surface area contributed by atoms with Crippen molar-refractivity contribution >= 4 is 17.5 Å². The summed E-state index contributed by atoms with van der Waals surface area (Å²) in [4.78, 5) is 33.7. The number of carbonyl (C=O) groups excluding carboxylic acids is 2. The van der Waals surface area contributed by atoms with Crippen LogP contribution in [0.25, 0.3) is 0 Å². The summed E-state index contributed by atoms with van der Waals surface area (Å²) < 4.78 is 5.47. The molecule has 25 heavy (non-hydrogen) atoms. The molecule has 0 aliphatic heterocycles. The second kappa shape index (κ2) is 7.91. The number of hydrogen-bond acceptors (Lipinski definition) is 5. The zero-order valence-corrected chi connectivity index (χ0v) is 13.7. The number of para-hydroxylation sites is 1. The summed E-state index contributed by atoms with van der Waals surface area (Å²) in [5.74, 6) is -0.493. The van der Waals surface area contributed by atoms with E-state index in [2.05, 4.69) is 10.9 Å². The molecule has 0 unspecified atom stereocenters. The van der Waals surface area contributed by atoms with Crippen LogP contribution in [0.15, 0.2) is 42.5 Å². The maximum absolute atomic E-state index is 11.9. The van der Waals surface area contributed by atoms with Crippen molar-refractivity contribution in [3.8, 4) is 5.75 Å². The highest BCUT2D eigenvalue weighted by Gasteiger charge is 2.11. The van der Waals surface area contributed by atoms with Gasteiger partial charge in [0.15, 0.2) is 6.61 Å². The van der Waals surface area contributed by atoms with Gasteiger partial charge in [-0.25, -0.2) is 0 Å². The van der Waals surface area contributed by atoms with Crippen LogP contribution in [0.5, 0.6) is 5.75 Å². The highest BCUT2D eigenvalue weighted by molar-refractivity contribution is 5.95. The number of benzene rings is 2. The van der Waals surface area contributed by atoms with Crippen molar-refractivity contribution in [1.82, 2.24) is 10.9 Å². The highest BCUT2D eigenvalue weighted by Crippen LogP contribution is 2.21. The molecule has 0 saturated carbocycles. The van der Waals surface area contributed by atoms with Crippen molar-refractivity contribution in [3.63, 3.8) is 0 Å². The van der Waals surface area contributed by atoms with Crippen LogP contribution in [0, 0.1) is 24.0 Å². The van der Waals surface area contributed by atoms with Gasteiger partial charge in [0.25, 0.3) is 17.5 Å². The van der Waals surface area contributed by atoms with E-state index < -0.39 is 16.7 Å². The molecule has 130 valence electrons. The molecule has 8 nitrogen and oxygen atoms in total. The molecule has 2 rings (SSSR count). The average molecular weight is 343 g/mol. The first-order valence-electron chi connectivity index (χ1n) is 7.41. The number of nitro benzene ring substituents is 1. The molecule has 0 fully saturated rings. The van der Waals surface area contributed by atoms with Gasteiger partial charge in [0, 0.05) is 17.7 Å². The molecule has 2 aromatic carbocycles. The minimum Gasteiger partial charge on any atom is -0.483 e. The van der Waals surface area contributed by atoms with E-state index in [1.54, 1.807) is 0 Å². The zero-order valence-electron chi connectivity index (χ0n) is 13.7. The van der Waals surface area contributed by atoms with E-state index in [1.807, 2.05) is 32.0 Å². The lowest BCUT2D eigenvalue weighted by Gasteiger charge is -2.12. The first-order valence-corrected chi connectivity index (χ1v) is 7.41. The lowest BCUT2D eigenvalue weighted by Crippen LogP contribution is -2.43. The summed E-state index contributed by atoms with van der Waals surface area (Å²) in [6.07, 6.45) is 0. The van der Waals surface area contributed by atoms with Crippen molar-refractivity contribution in [3.05, 3.63) is 69.3 Å². The van der Waals surface area contributed by atoms with Crippen LogP contribution in [-0.2, 0) is 4.79 Å². The Morgan fingerprint density at radius 3 is 2.20 bits per heavy atom. The standard InChI is InChI=1S/C17H17N3O5/c1-11-4-3-5-12(2)16(11)25-10-15(21)18-19-17(22)13-6-8-14(9-7-13)20(23)24/h3-9H,10H2,1-2H3,(H,18,21)(H,19,22). The second-order valence-corrected chi connectivity index (χ2v) is 5.32. The fraction of sp³-hybridized carbons (Fsp3) is 0.176. The number of nitrogens with zero attached hydrogens (tertiary/aromatic N) is 1. The van der Waals surface area contributed by atoms with Gasteiger partial charge in [-0.1, -0.05) is 18.2 Å². The third-order valence-corrected chi connectivity index (χ3v) is 3.41. The van der Waals surface area contributed by atoms with Crippen LogP contribution in [0.2, 0.25) is 0 Å². The summed E-state index contributed by atoms with van der Waals surface area (Å²) in [5, 5.41) is 10.6. The molecule has 0 aliphatic carbocycles. The normalized spacial score (nSPS) is 10.0. The van der Waals surface area contributed by atoms with Crippen LogP contribution in [0.1, 0.15) is 21.5 Å². The Bertz CT molecular complexity index is 782. The number of rotatable bonds is 5. The molecule has 0 aromatic heterocycles. The van der Waals surface area contributed by atoms with Gasteiger partial charge in [0.1, 0.15) is 5.75 Å². The number of ether oxygens (including phenoxy) is 1. The molecule has 0 atom stereocenters. The number of carbonyl (C=O) groups is 2. The smallest absolute Gasteiger partial charge is 0.276 e. The third-order valence-electron chi connectivity index (χ3n) is 3.41. The van der Waals surface area contributed by atoms with Crippen LogP contribution < -0.4 is 15.6 Å².